The molecule has 0 amide bonds. The average Bonchev–Trinajstić information content (AvgIpc) is 2.63. The van der Waals surface area contributed by atoms with Gasteiger partial charge in [-0.15, -0.1) is 0 Å². The maximum Gasteiger partial charge on any atom is 0.115 e. The maximum absolute atomic E-state index is 10.2. The van der Waals surface area contributed by atoms with Crippen LogP contribution in [0.4, 0.5) is 0 Å². The first kappa shape index (κ1) is 24.1. The molecule has 0 radical (unpaired) electrons. The summed E-state index contributed by atoms with van der Waals surface area (Å²) in [6, 6.07) is 0. The van der Waals surface area contributed by atoms with Crippen molar-refractivity contribution in [2.45, 2.75) is 70.8 Å². The average molecular weight is 362 g/mol. The smallest absolute Gasteiger partial charge is 0.115 e. The van der Waals surface area contributed by atoms with E-state index in [1.54, 1.807) is 0 Å². The normalized spacial score (nSPS) is 13.9. The second kappa shape index (κ2) is 19.4. The molecular formula is C22H33O4-. The molecule has 4 heteroatoms. The molecule has 0 aromatic carbocycles. The van der Waals surface area contributed by atoms with Crippen LogP contribution < -0.4 is 5.11 Å². The molecule has 4 nitrogen and oxygen atoms in total. The molecule has 1 unspecified atom stereocenters. The zero-order valence-corrected chi connectivity index (χ0v) is 15.9. The number of carboxylic acid groups (broad SMARTS) is 1. The zero-order chi connectivity index (χ0) is 19.3. The first-order valence-electron chi connectivity index (χ1n) is 9.49. The fraction of sp³-hybridized carbons (Fsp3) is 0.500. The van der Waals surface area contributed by atoms with E-state index in [1.165, 1.54) is 19.3 Å². The first-order valence-corrected chi connectivity index (χ1v) is 9.49. The van der Waals surface area contributed by atoms with Crippen LogP contribution in [0.5, 0.6) is 0 Å². The molecule has 0 aromatic rings. The van der Waals surface area contributed by atoms with Gasteiger partial charge in [-0.05, 0) is 44.9 Å². The number of allylic oxidation sites excluding steroid dienone is 8. The monoisotopic (exact) mass is 361 g/mol. The van der Waals surface area contributed by atoms with Crippen molar-refractivity contribution in [1.82, 2.24) is 0 Å². The molecule has 0 saturated heterocycles. The summed E-state index contributed by atoms with van der Waals surface area (Å²) in [5, 5.41) is 19.1. The lowest BCUT2D eigenvalue weighted by molar-refractivity contribution is -0.305. The Hall–Kier alpha value is -1.91. The standard InChI is InChI=1S/C22H34O4/c1-2-3-4-5-12-15-18-21(26-25)19-16-13-10-8-6-7-9-11-14-17-20-22(23)24/h6-7,10-16,19,21,25H,2-5,8-9,17-18,20H2,1H3,(H,23,24)/p-1/b7-6-,13-10-,14-11-,15-12-,19-16+. The Kier molecular flexibility index (Phi) is 18.0. The summed E-state index contributed by atoms with van der Waals surface area (Å²) in [5.41, 5.74) is 0. The van der Waals surface area contributed by atoms with Crippen LogP contribution in [0.15, 0.2) is 60.8 Å². The summed E-state index contributed by atoms with van der Waals surface area (Å²) in [7, 11) is 0. The van der Waals surface area contributed by atoms with Gasteiger partial charge in [-0.1, -0.05) is 80.5 Å². The summed E-state index contributed by atoms with van der Waals surface area (Å²) in [6.07, 6.45) is 27.0. The van der Waals surface area contributed by atoms with Gasteiger partial charge < -0.3 is 9.90 Å². The van der Waals surface area contributed by atoms with E-state index in [-0.39, 0.29) is 12.5 Å². The Balaban J connectivity index is 3.82. The van der Waals surface area contributed by atoms with E-state index in [1.807, 2.05) is 54.7 Å². The Morgan fingerprint density at radius 2 is 1.65 bits per heavy atom. The maximum atomic E-state index is 10.2. The first-order chi connectivity index (χ1) is 12.7. The van der Waals surface area contributed by atoms with Crippen molar-refractivity contribution in [1.29, 1.82) is 0 Å². The molecule has 0 aliphatic rings. The third-order valence-electron chi connectivity index (χ3n) is 3.61. The van der Waals surface area contributed by atoms with Crippen molar-refractivity contribution in [2.75, 3.05) is 0 Å². The summed E-state index contributed by atoms with van der Waals surface area (Å²) in [5.74, 6) is -1.01. The molecule has 0 aliphatic heterocycles. The molecule has 0 aliphatic carbocycles. The van der Waals surface area contributed by atoms with E-state index in [9.17, 15) is 9.90 Å². The van der Waals surface area contributed by atoms with E-state index in [2.05, 4.69) is 17.9 Å². The van der Waals surface area contributed by atoms with Gasteiger partial charge in [0.05, 0.1) is 0 Å². The van der Waals surface area contributed by atoms with Gasteiger partial charge in [0.2, 0.25) is 0 Å². The van der Waals surface area contributed by atoms with Crippen LogP contribution in [0, 0.1) is 0 Å². The molecule has 0 fully saturated rings. The number of aliphatic carboxylic acids is 1. The highest BCUT2D eigenvalue weighted by Crippen LogP contribution is 2.04. The van der Waals surface area contributed by atoms with Crippen LogP contribution in [0.2, 0.25) is 0 Å². The number of carboxylic acids is 1. The second-order valence-electron chi connectivity index (χ2n) is 5.98. The molecule has 0 spiro atoms. The lowest BCUT2D eigenvalue weighted by atomic mass is 10.1. The van der Waals surface area contributed by atoms with Gasteiger partial charge in [-0.25, -0.2) is 4.89 Å². The van der Waals surface area contributed by atoms with Gasteiger partial charge in [0.15, 0.2) is 0 Å². The molecular weight excluding hydrogens is 328 g/mol. The van der Waals surface area contributed by atoms with Crippen molar-refractivity contribution in [3.63, 3.8) is 0 Å². The molecule has 1 N–H and O–H groups in total. The lowest BCUT2D eigenvalue weighted by Gasteiger charge is -2.04. The zero-order valence-electron chi connectivity index (χ0n) is 15.9. The van der Waals surface area contributed by atoms with Crippen molar-refractivity contribution >= 4 is 5.97 Å². The summed E-state index contributed by atoms with van der Waals surface area (Å²) in [6.45, 7) is 2.19. The lowest BCUT2D eigenvalue weighted by Crippen LogP contribution is -2.21. The summed E-state index contributed by atoms with van der Waals surface area (Å²) in [4.78, 5) is 14.7. The van der Waals surface area contributed by atoms with Crippen LogP contribution in [0.3, 0.4) is 0 Å². The number of carbonyl (C=O) groups excluding carboxylic acids is 1. The van der Waals surface area contributed by atoms with E-state index < -0.39 is 5.97 Å². The SMILES string of the molecule is CCCCC/C=C\CC(/C=C/C=C\C/C=C\C/C=C\CCC(=O)[O-])OO. The van der Waals surface area contributed by atoms with Gasteiger partial charge >= 0.3 is 0 Å². The van der Waals surface area contributed by atoms with Crippen LogP contribution in [-0.2, 0) is 9.68 Å². The summed E-state index contributed by atoms with van der Waals surface area (Å²) >= 11 is 0. The number of unbranched alkanes of at least 4 members (excludes halogenated alkanes) is 3. The highest BCUT2D eigenvalue weighted by atomic mass is 17.1. The van der Waals surface area contributed by atoms with Gasteiger partial charge in [0, 0.05) is 5.97 Å². The number of hydrogen-bond acceptors (Lipinski definition) is 4. The minimum Gasteiger partial charge on any atom is -0.550 e. The summed E-state index contributed by atoms with van der Waals surface area (Å²) < 4.78 is 0. The Bertz CT molecular complexity index is 473. The van der Waals surface area contributed by atoms with E-state index >= 15 is 0 Å². The van der Waals surface area contributed by atoms with Gasteiger partial charge in [0.25, 0.3) is 0 Å². The highest BCUT2D eigenvalue weighted by Gasteiger charge is 1.99. The third kappa shape index (κ3) is 18.4. The molecule has 0 heterocycles. The third-order valence-corrected chi connectivity index (χ3v) is 3.61. The van der Waals surface area contributed by atoms with Gasteiger partial charge in [-0.3, -0.25) is 5.26 Å². The predicted octanol–water partition coefficient (Wildman–Crippen LogP) is 4.91. The molecule has 0 aromatic heterocycles. The minimum atomic E-state index is -1.01. The van der Waals surface area contributed by atoms with Crippen LogP contribution >= 0.6 is 0 Å². The van der Waals surface area contributed by atoms with Crippen molar-refractivity contribution in [3.8, 4) is 0 Å². The molecule has 0 saturated carbocycles. The number of carbonyl (C=O) groups is 1. The van der Waals surface area contributed by atoms with E-state index in [0.29, 0.717) is 12.8 Å². The van der Waals surface area contributed by atoms with E-state index in [0.717, 1.165) is 19.3 Å². The second-order valence-corrected chi connectivity index (χ2v) is 5.98. The Labute approximate surface area is 158 Å². The van der Waals surface area contributed by atoms with Crippen LogP contribution in [0.25, 0.3) is 0 Å². The van der Waals surface area contributed by atoms with Gasteiger partial charge in [-0.2, -0.15) is 0 Å². The van der Waals surface area contributed by atoms with Crippen LogP contribution in [-0.4, -0.2) is 17.3 Å². The quantitative estimate of drug-likeness (QED) is 0.139. The largest absolute Gasteiger partial charge is 0.550 e. The fourth-order valence-corrected chi connectivity index (χ4v) is 2.13. The molecule has 1 atom stereocenters. The van der Waals surface area contributed by atoms with Crippen molar-refractivity contribution < 1.29 is 20.0 Å². The van der Waals surface area contributed by atoms with Crippen molar-refractivity contribution in [3.05, 3.63) is 60.8 Å². The molecule has 0 rings (SSSR count). The predicted molar refractivity (Wildman–Crippen MR) is 105 cm³/mol. The molecule has 146 valence electrons. The van der Waals surface area contributed by atoms with Crippen molar-refractivity contribution in [2.24, 2.45) is 0 Å². The minimum absolute atomic E-state index is 0.0719. The highest BCUT2D eigenvalue weighted by molar-refractivity contribution is 5.64. The van der Waals surface area contributed by atoms with Gasteiger partial charge in [0.1, 0.15) is 6.10 Å². The topological polar surface area (TPSA) is 69.6 Å². The number of hydrogen-bond donors (Lipinski definition) is 1. The fourth-order valence-electron chi connectivity index (χ4n) is 2.13. The van der Waals surface area contributed by atoms with Crippen LogP contribution in [0.1, 0.15) is 64.7 Å². The number of rotatable bonds is 16. The van der Waals surface area contributed by atoms with E-state index in [4.69, 9.17) is 5.26 Å². The molecule has 0 bridgehead atoms. The Morgan fingerprint density at radius 1 is 0.962 bits per heavy atom. The molecule has 26 heavy (non-hydrogen) atoms. The Morgan fingerprint density at radius 3 is 2.35 bits per heavy atom.